The first-order chi connectivity index (χ1) is 15.8. The van der Waals surface area contributed by atoms with Crippen LogP contribution in [0.15, 0.2) is 47.6 Å². The average molecular weight is 536 g/mol. The maximum atomic E-state index is 13.1. The molecule has 1 saturated carbocycles. The van der Waals surface area contributed by atoms with E-state index in [-0.39, 0.29) is 30.0 Å². The Bertz CT molecular complexity index is 1250. The number of anilines is 1. The lowest BCUT2D eigenvalue weighted by Gasteiger charge is -2.15. The molecule has 1 aliphatic carbocycles. The molecule has 0 saturated heterocycles. The van der Waals surface area contributed by atoms with E-state index < -0.39 is 10.3 Å². The Morgan fingerprint density at radius 2 is 2.15 bits per heavy atom. The number of rotatable bonds is 9. The van der Waals surface area contributed by atoms with Gasteiger partial charge in [-0.05, 0) is 43.4 Å². The van der Waals surface area contributed by atoms with Crippen molar-refractivity contribution < 1.29 is 17.4 Å². The van der Waals surface area contributed by atoms with Crippen LogP contribution in [0.3, 0.4) is 0 Å². The van der Waals surface area contributed by atoms with Crippen LogP contribution in [0, 0.1) is 5.92 Å². The van der Waals surface area contributed by atoms with Gasteiger partial charge in [-0.3, -0.25) is 18.6 Å². The molecule has 13 heteroatoms. The van der Waals surface area contributed by atoms with Gasteiger partial charge in [0.05, 0.1) is 24.4 Å². The van der Waals surface area contributed by atoms with Crippen LogP contribution in [-0.4, -0.2) is 51.6 Å². The van der Waals surface area contributed by atoms with Gasteiger partial charge in [0.15, 0.2) is 0 Å². The molecule has 0 spiro atoms. The molecule has 174 valence electrons. The van der Waals surface area contributed by atoms with Gasteiger partial charge in [0.1, 0.15) is 17.8 Å². The molecule has 0 aromatic carbocycles. The van der Waals surface area contributed by atoms with Crippen LogP contribution in [-0.2, 0) is 21.0 Å². The topological polar surface area (TPSA) is 155 Å². The van der Waals surface area contributed by atoms with E-state index in [1.165, 1.54) is 12.5 Å². The molecular weight excluding hydrogens is 514 g/mol. The van der Waals surface area contributed by atoms with E-state index >= 15 is 0 Å². The highest BCUT2D eigenvalue weighted by Crippen LogP contribution is 2.29. The van der Waals surface area contributed by atoms with Crippen molar-refractivity contribution in [2.75, 3.05) is 11.9 Å². The number of aromatic nitrogens is 5. The molecule has 0 radical (unpaired) electrons. The van der Waals surface area contributed by atoms with E-state index in [2.05, 4.69) is 41.3 Å². The van der Waals surface area contributed by atoms with E-state index in [0.29, 0.717) is 24.3 Å². The second-order valence-corrected chi connectivity index (χ2v) is 9.91. The average Bonchev–Trinajstić information content (AvgIpc) is 3.41. The SMILES string of the molecule is NS(=O)(=O)OC[C@@H]1CC[C@H](Nc2ncncc2C(=O)c2ccn(Cc3cc(Br)ccn3)n2)C1. The summed E-state index contributed by atoms with van der Waals surface area (Å²) >= 11 is 3.42. The molecule has 3 heterocycles. The van der Waals surface area contributed by atoms with Gasteiger partial charge in [-0.1, -0.05) is 15.9 Å². The molecule has 11 nitrogen and oxygen atoms in total. The maximum Gasteiger partial charge on any atom is 0.333 e. The summed E-state index contributed by atoms with van der Waals surface area (Å²) in [6.45, 7) is 0.462. The standard InChI is InChI=1S/C20H22BrN7O4S/c21-14-3-5-24-16(8-14)10-28-6-4-18(27-28)19(29)17-9-23-12-25-20(17)26-15-2-1-13(7-15)11-32-33(22,30)31/h3-6,8-9,12-13,15H,1-2,7,10-11H2,(H2,22,30,31)(H,23,25,26)/t13-,15+/m1/s1. The highest BCUT2D eigenvalue weighted by atomic mass is 79.9. The molecule has 0 unspecified atom stereocenters. The number of ketones is 1. The first kappa shape index (κ1) is 23.4. The monoisotopic (exact) mass is 535 g/mol. The van der Waals surface area contributed by atoms with Gasteiger partial charge in [0.25, 0.3) is 0 Å². The number of hydrogen-bond donors (Lipinski definition) is 2. The number of nitrogens with two attached hydrogens (primary N) is 1. The Labute approximate surface area is 199 Å². The minimum Gasteiger partial charge on any atom is -0.367 e. The lowest BCUT2D eigenvalue weighted by atomic mass is 10.1. The van der Waals surface area contributed by atoms with E-state index in [1.807, 2.05) is 12.1 Å². The predicted molar refractivity (Wildman–Crippen MR) is 123 cm³/mol. The highest BCUT2D eigenvalue weighted by Gasteiger charge is 2.28. The summed E-state index contributed by atoms with van der Waals surface area (Å²) in [5.74, 6) is 0.159. The molecule has 1 aliphatic rings. The van der Waals surface area contributed by atoms with Crippen molar-refractivity contribution in [2.24, 2.45) is 11.1 Å². The summed E-state index contributed by atoms with van der Waals surface area (Å²) in [7, 11) is -3.96. The van der Waals surface area contributed by atoms with Crippen LogP contribution in [0.1, 0.15) is 41.0 Å². The van der Waals surface area contributed by atoms with Crippen LogP contribution < -0.4 is 10.5 Å². The fourth-order valence-electron chi connectivity index (χ4n) is 3.76. The van der Waals surface area contributed by atoms with Crippen molar-refractivity contribution in [3.63, 3.8) is 0 Å². The second kappa shape index (κ2) is 10.0. The summed E-state index contributed by atoms with van der Waals surface area (Å²) in [6.07, 6.45) is 8.47. The minimum absolute atomic E-state index is 0.0145. The van der Waals surface area contributed by atoms with Crippen LogP contribution in [0.5, 0.6) is 0 Å². The third-order valence-electron chi connectivity index (χ3n) is 5.28. The Morgan fingerprint density at radius 1 is 1.30 bits per heavy atom. The summed E-state index contributed by atoms with van der Waals surface area (Å²) in [5.41, 5.74) is 1.39. The molecule has 3 aromatic heterocycles. The number of nitrogens with zero attached hydrogens (tertiary/aromatic N) is 5. The van der Waals surface area contributed by atoms with Crippen molar-refractivity contribution in [2.45, 2.75) is 31.8 Å². The second-order valence-electron chi connectivity index (χ2n) is 7.78. The Morgan fingerprint density at radius 3 is 2.94 bits per heavy atom. The third-order valence-corrected chi connectivity index (χ3v) is 6.24. The van der Waals surface area contributed by atoms with Gasteiger partial charge in [-0.15, -0.1) is 0 Å². The minimum atomic E-state index is -3.96. The fraction of sp³-hybridized carbons (Fsp3) is 0.350. The normalized spacial score (nSPS) is 18.4. The summed E-state index contributed by atoms with van der Waals surface area (Å²) in [5, 5.41) is 12.6. The van der Waals surface area contributed by atoms with Crippen LogP contribution >= 0.6 is 15.9 Å². The van der Waals surface area contributed by atoms with Gasteiger partial charge >= 0.3 is 10.3 Å². The molecule has 3 N–H and O–H groups in total. The lowest BCUT2D eigenvalue weighted by molar-refractivity contribution is 0.103. The summed E-state index contributed by atoms with van der Waals surface area (Å²) < 4.78 is 29.3. The Kier molecular flexibility index (Phi) is 7.12. The number of carbonyl (C=O) groups is 1. The molecular formula is C20H22BrN7O4S. The summed E-state index contributed by atoms with van der Waals surface area (Å²) in [6, 6.07) is 5.39. The predicted octanol–water partition coefficient (Wildman–Crippen LogP) is 1.91. The number of halogens is 1. The molecule has 0 amide bonds. The zero-order valence-electron chi connectivity index (χ0n) is 17.5. The fourth-order valence-corrected chi connectivity index (χ4v) is 4.53. The molecule has 2 atom stereocenters. The van der Waals surface area contributed by atoms with Crippen molar-refractivity contribution in [3.05, 3.63) is 64.5 Å². The van der Waals surface area contributed by atoms with Crippen molar-refractivity contribution in [1.29, 1.82) is 0 Å². The van der Waals surface area contributed by atoms with Gasteiger partial charge < -0.3 is 5.32 Å². The van der Waals surface area contributed by atoms with Gasteiger partial charge in [-0.25, -0.2) is 15.1 Å². The Hall–Kier alpha value is -2.74. The van der Waals surface area contributed by atoms with Crippen molar-refractivity contribution in [1.82, 2.24) is 24.7 Å². The zero-order chi connectivity index (χ0) is 23.4. The van der Waals surface area contributed by atoms with Gasteiger partial charge in [0.2, 0.25) is 5.78 Å². The molecule has 33 heavy (non-hydrogen) atoms. The van der Waals surface area contributed by atoms with Gasteiger partial charge in [-0.2, -0.15) is 13.5 Å². The first-order valence-corrected chi connectivity index (χ1v) is 12.5. The Balaban J connectivity index is 1.42. The van der Waals surface area contributed by atoms with Gasteiger partial charge in [0, 0.05) is 29.1 Å². The van der Waals surface area contributed by atoms with Crippen LogP contribution in [0.25, 0.3) is 0 Å². The van der Waals surface area contributed by atoms with E-state index in [9.17, 15) is 13.2 Å². The lowest BCUT2D eigenvalue weighted by Crippen LogP contribution is -2.22. The van der Waals surface area contributed by atoms with Crippen LogP contribution in [0.4, 0.5) is 5.82 Å². The quantitative estimate of drug-likeness (QED) is 0.390. The van der Waals surface area contributed by atoms with E-state index in [0.717, 1.165) is 23.0 Å². The first-order valence-electron chi connectivity index (χ1n) is 10.2. The molecule has 0 bridgehead atoms. The van der Waals surface area contributed by atoms with E-state index in [4.69, 9.17) is 9.32 Å². The highest BCUT2D eigenvalue weighted by molar-refractivity contribution is 9.10. The number of pyridine rings is 1. The number of carbonyl (C=O) groups excluding carboxylic acids is 1. The van der Waals surface area contributed by atoms with E-state index in [1.54, 1.807) is 23.1 Å². The molecule has 1 fully saturated rings. The summed E-state index contributed by atoms with van der Waals surface area (Å²) in [4.78, 5) is 25.7. The molecule has 0 aliphatic heterocycles. The molecule has 3 aromatic rings. The number of hydrogen-bond acceptors (Lipinski definition) is 9. The maximum absolute atomic E-state index is 13.1. The smallest absolute Gasteiger partial charge is 0.333 e. The van der Waals surface area contributed by atoms with Crippen LogP contribution in [0.2, 0.25) is 0 Å². The van der Waals surface area contributed by atoms with Crippen molar-refractivity contribution >= 4 is 37.8 Å². The zero-order valence-corrected chi connectivity index (χ0v) is 19.9. The molecule has 4 rings (SSSR count). The van der Waals surface area contributed by atoms with Crippen molar-refractivity contribution in [3.8, 4) is 0 Å². The largest absolute Gasteiger partial charge is 0.367 e. The third kappa shape index (κ3) is 6.41. The number of nitrogens with one attached hydrogen (secondary N) is 1.